The van der Waals surface area contributed by atoms with Crippen molar-refractivity contribution in [2.45, 2.75) is 66.0 Å². The molecule has 0 spiro atoms. The lowest BCUT2D eigenvalue weighted by atomic mass is 9.90. The van der Waals surface area contributed by atoms with Gasteiger partial charge in [-0.1, -0.05) is 27.7 Å². The van der Waals surface area contributed by atoms with E-state index in [0.29, 0.717) is 5.41 Å². The van der Waals surface area contributed by atoms with Crippen molar-refractivity contribution in [1.82, 2.24) is 10.2 Å². The maximum atomic E-state index is 3.64. The van der Waals surface area contributed by atoms with Gasteiger partial charge in [0.05, 0.1) is 0 Å². The maximum Gasteiger partial charge on any atom is 0.0252 e. The van der Waals surface area contributed by atoms with Crippen molar-refractivity contribution in [3.8, 4) is 0 Å². The van der Waals surface area contributed by atoms with Crippen LogP contribution in [0.4, 0.5) is 0 Å². The van der Waals surface area contributed by atoms with E-state index in [0.717, 1.165) is 12.6 Å². The standard InChI is InChI=1S/C14H30N2/c1-7-12-10-15-14(5,6)11-16(12)9-8-13(2,3)4/h12,15H,7-11H2,1-6H3. The van der Waals surface area contributed by atoms with Crippen LogP contribution in [0.2, 0.25) is 0 Å². The molecule has 1 fully saturated rings. The van der Waals surface area contributed by atoms with Crippen LogP contribution in [-0.2, 0) is 0 Å². The summed E-state index contributed by atoms with van der Waals surface area (Å²) in [7, 11) is 0. The van der Waals surface area contributed by atoms with Gasteiger partial charge in [0, 0.05) is 24.7 Å². The molecule has 1 saturated heterocycles. The van der Waals surface area contributed by atoms with Crippen molar-refractivity contribution in [2.75, 3.05) is 19.6 Å². The van der Waals surface area contributed by atoms with Gasteiger partial charge in [0.15, 0.2) is 0 Å². The van der Waals surface area contributed by atoms with Crippen LogP contribution in [0.25, 0.3) is 0 Å². The highest BCUT2D eigenvalue weighted by molar-refractivity contribution is 4.91. The number of nitrogens with zero attached hydrogens (tertiary/aromatic N) is 1. The van der Waals surface area contributed by atoms with Gasteiger partial charge in [-0.2, -0.15) is 0 Å². The summed E-state index contributed by atoms with van der Waals surface area (Å²) in [4.78, 5) is 2.68. The summed E-state index contributed by atoms with van der Waals surface area (Å²) < 4.78 is 0. The van der Waals surface area contributed by atoms with Gasteiger partial charge in [-0.15, -0.1) is 0 Å². The highest BCUT2D eigenvalue weighted by Gasteiger charge is 2.31. The largest absolute Gasteiger partial charge is 0.309 e. The molecule has 16 heavy (non-hydrogen) atoms. The van der Waals surface area contributed by atoms with E-state index >= 15 is 0 Å². The van der Waals surface area contributed by atoms with E-state index in [2.05, 4.69) is 51.8 Å². The Bertz CT molecular complexity index is 215. The molecule has 0 amide bonds. The Kier molecular flexibility index (Phi) is 4.42. The van der Waals surface area contributed by atoms with Crippen molar-refractivity contribution in [2.24, 2.45) is 5.41 Å². The van der Waals surface area contributed by atoms with Crippen LogP contribution in [-0.4, -0.2) is 36.1 Å². The van der Waals surface area contributed by atoms with Crippen molar-refractivity contribution >= 4 is 0 Å². The smallest absolute Gasteiger partial charge is 0.0252 e. The number of hydrogen-bond acceptors (Lipinski definition) is 2. The van der Waals surface area contributed by atoms with E-state index in [-0.39, 0.29) is 5.54 Å². The lowest BCUT2D eigenvalue weighted by molar-refractivity contribution is 0.0815. The Labute approximate surface area is 102 Å². The Morgan fingerprint density at radius 1 is 1.31 bits per heavy atom. The fraction of sp³-hybridized carbons (Fsp3) is 1.00. The first-order chi connectivity index (χ1) is 7.23. The molecule has 0 aromatic carbocycles. The molecule has 2 heteroatoms. The van der Waals surface area contributed by atoms with Crippen molar-refractivity contribution in [3.63, 3.8) is 0 Å². The van der Waals surface area contributed by atoms with Crippen LogP contribution in [0, 0.1) is 5.41 Å². The molecule has 0 saturated carbocycles. The normalized spacial score (nSPS) is 27.0. The van der Waals surface area contributed by atoms with Gasteiger partial charge >= 0.3 is 0 Å². The maximum absolute atomic E-state index is 3.64. The highest BCUT2D eigenvalue weighted by Crippen LogP contribution is 2.23. The van der Waals surface area contributed by atoms with Crippen LogP contribution in [0.3, 0.4) is 0 Å². The lowest BCUT2D eigenvalue weighted by Gasteiger charge is -2.45. The fourth-order valence-corrected chi connectivity index (χ4v) is 2.36. The van der Waals surface area contributed by atoms with E-state index in [1.165, 1.54) is 25.9 Å². The van der Waals surface area contributed by atoms with E-state index in [1.807, 2.05) is 0 Å². The molecule has 1 N–H and O–H groups in total. The van der Waals surface area contributed by atoms with Gasteiger partial charge < -0.3 is 5.32 Å². The third-order valence-corrected chi connectivity index (χ3v) is 3.55. The molecule has 0 radical (unpaired) electrons. The highest BCUT2D eigenvalue weighted by atomic mass is 15.2. The predicted octanol–water partition coefficient (Wildman–Crippen LogP) is 2.89. The molecule has 0 aliphatic carbocycles. The van der Waals surface area contributed by atoms with Crippen molar-refractivity contribution < 1.29 is 0 Å². The summed E-state index contributed by atoms with van der Waals surface area (Å²) in [6.45, 7) is 17.5. The fourth-order valence-electron chi connectivity index (χ4n) is 2.36. The van der Waals surface area contributed by atoms with Gasteiger partial charge in [0.2, 0.25) is 0 Å². The molecule has 1 aliphatic heterocycles. The van der Waals surface area contributed by atoms with Gasteiger partial charge in [-0.05, 0) is 38.6 Å². The monoisotopic (exact) mass is 226 g/mol. The summed E-state index contributed by atoms with van der Waals surface area (Å²) in [5, 5.41) is 3.64. The third-order valence-electron chi connectivity index (χ3n) is 3.55. The van der Waals surface area contributed by atoms with Gasteiger partial charge in [0.25, 0.3) is 0 Å². The molecule has 96 valence electrons. The number of piperazine rings is 1. The van der Waals surface area contributed by atoms with Crippen LogP contribution >= 0.6 is 0 Å². The first kappa shape index (κ1) is 14.0. The van der Waals surface area contributed by atoms with Crippen molar-refractivity contribution in [3.05, 3.63) is 0 Å². The SMILES string of the molecule is CCC1CNC(C)(C)CN1CCC(C)(C)C. The molecule has 0 aromatic heterocycles. The molecule has 1 aliphatic rings. The Hall–Kier alpha value is -0.0800. The molecule has 1 atom stereocenters. The number of hydrogen-bond donors (Lipinski definition) is 1. The van der Waals surface area contributed by atoms with E-state index in [1.54, 1.807) is 0 Å². The molecular weight excluding hydrogens is 196 g/mol. The van der Waals surface area contributed by atoms with Gasteiger partial charge in [-0.3, -0.25) is 4.90 Å². The van der Waals surface area contributed by atoms with E-state index in [4.69, 9.17) is 0 Å². The minimum absolute atomic E-state index is 0.281. The Morgan fingerprint density at radius 3 is 2.44 bits per heavy atom. The number of rotatable bonds is 3. The van der Waals surface area contributed by atoms with Crippen LogP contribution in [0.15, 0.2) is 0 Å². The van der Waals surface area contributed by atoms with Crippen LogP contribution in [0.5, 0.6) is 0 Å². The molecule has 1 heterocycles. The Morgan fingerprint density at radius 2 is 1.94 bits per heavy atom. The molecule has 1 rings (SSSR count). The minimum atomic E-state index is 0.281. The minimum Gasteiger partial charge on any atom is -0.309 e. The quantitative estimate of drug-likeness (QED) is 0.796. The molecular formula is C14H30N2. The second-order valence-corrected chi connectivity index (χ2v) is 7.11. The second kappa shape index (κ2) is 5.05. The average molecular weight is 226 g/mol. The first-order valence-electron chi connectivity index (χ1n) is 6.72. The molecule has 0 bridgehead atoms. The average Bonchev–Trinajstić information content (AvgIpc) is 2.12. The molecule has 1 unspecified atom stereocenters. The third kappa shape index (κ3) is 4.42. The Balaban J connectivity index is 2.52. The predicted molar refractivity (Wildman–Crippen MR) is 71.8 cm³/mol. The van der Waals surface area contributed by atoms with Crippen molar-refractivity contribution in [1.29, 1.82) is 0 Å². The molecule has 2 nitrogen and oxygen atoms in total. The zero-order chi connectivity index (χ0) is 12.4. The zero-order valence-corrected chi connectivity index (χ0v) is 12.1. The topological polar surface area (TPSA) is 15.3 Å². The lowest BCUT2D eigenvalue weighted by Crippen LogP contribution is -2.61. The van der Waals surface area contributed by atoms with Crippen LogP contribution in [0.1, 0.15) is 54.4 Å². The van der Waals surface area contributed by atoms with E-state index in [9.17, 15) is 0 Å². The van der Waals surface area contributed by atoms with Crippen LogP contribution < -0.4 is 5.32 Å². The van der Waals surface area contributed by atoms with Gasteiger partial charge in [0.1, 0.15) is 0 Å². The summed E-state index contributed by atoms with van der Waals surface area (Å²) in [6, 6.07) is 0.732. The van der Waals surface area contributed by atoms with E-state index < -0.39 is 0 Å². The zero-order valence-electron chi connectivity index (χ0n) is 12.1. The number of nitrogens with one attached hydrogen (secondary N) is 1. The summed E-state index contributed by atoms with van der Waals surface area (Å²) in [5.74, 6) is 0. The second-order valence-electron chi connectivity index (χ2n) is 7.11. The van der Waals surface area contributed by atoms with Gasteiger partial charge in [-0.25, -0.2) is 0 Å². The molecule has 0 aromatic rings. The summed E-state index contributed by atoms with van der Waals surface area (Å²) in [5.41, 5.74) is 0.733. The first-order valence-corrected chi connectivity index (χ1v) is 6.72. The summed E-state index contributed by atoms with van der Waals surface area (Å²) >= 11 is 0. The summed E-state index contributed by atoms with van der Waals surface area (Å²) in [6.07, 6.45) is 2.55.